The Morgan fingerprint density at radius 2 is 2.00 bits per heavy atom. The lowest BCUT2D eigenvalue weighted by Crippen LogP contribution is -2.42. The number of amides is 1. The first-order valence-electron chi connectivity index (χ1n) is 8.13. The molecule has 1 amide bonds. The molecular weight excluding hydrogens is 298 g/mol. The highest BCUT2D eigenvalue weighted by atomic mass is 32.2. The summed E-state index contributed by atoms with van der Waals surface area (Å²) in [6.45, 7) is 1.57. The molecule has 0 atom stereocenters. The molecule has 2 fully saturated rings. The molecule has 1 aromatic rings. The summed E-state index contributed by atoms with van der Waals surface area (Å²) in [7, 11) is 0. The van der Waals surface area contributed by atoms with Crippen molar-refractivity contribution in [2.24, 2.45) is 0 Å². The van der Waals surface area contributed by atoms with Crippen molar-refractivity contribution >= 4 is 17.7 Å². The summed E-state index contributed by atoms with van der Waals surface area (Å²) in [5.41, 5.74) is 0. The van der Waals surface area contributed by atoms with Gasteiger partial charge in [0.25, 0.3) is 0 Å². The van der Waals surface area contributed by atoms with Crippen molar-refractivity contribution in [2.75, 3.05) is 18.8 Å². The van der Waals surface area contributed by atoms with E-state index in [0.29, 0.717) is 16.9 Å². The Kier molecular flexibility index (Phi) is 5.53. The van der Waals surface area contributed by atoms with Crippen LogP contribution in [0.2, 0.25) is 0 Å². The third-order valence-corrected chi connectivity index (χ3v) is 5.72. The summed E-state index contributed by atoms with van der Waals surface area (Å²) in [4.78, 5) is 22.4. The number of nitrogens with zero attached hydrogens (tertiary/aromatic N) is 3. The molecule has 6 heteroatoms. The van der Waals surface area contributed by atoms with Crippen molar-refractivity contribution in [3.63, 3.8) is 0 Å². The number of aromatic nitrogens is 2. The fourth-order valence-electron chi connectivity index (χ4n) is 3.08. The minimum atomic E-state index is 0.142. The summed E-state index contributed by atoms with van der Waals surface area (Å²) in [6, 6.07) is 0. The molecule has 1 saturated carbocycles. The van der Waals surface area contributed by atoms with E-state index in [1.54, 1.807) is 18.6 Å². The SMILES string of the molecule is O=C(CSC1CCCC1)N1CCC(Oc2cnccn2)CC1. The van der Waals surface area contributed by atoms with E-state index in [1.807, 2.05) is 16.7 Å². The van der Waals surface area contributed by atoms with E-state index in [0.717, 1.165) is 25.9 Å². The maximum absolute atomic E-state index is 12.3. The van der Waals surface area contributed by atoms with E-state index in [-0.39, 0.29) is 12.0 Å². The van der Waals surface area contributed by atoms with Crippen molar-refractivity contribution in [1.82, 2.24) is 14.9 Å². The Morgan fingerprint density at radius 1 is 1.23 bits per heavy atom. The molecule has 1 aliphatic carbocycles. The van der Waals surface area contributed by atoms with Gasteiger partial charge in [0.2, 0.25) is 11.8 Å². The van der Waals surface area contributed by atoms with Crippen LogP contribution < -0.4 is 4.74 Å². The van der Waals surface area contributed by atoms with Gasteiger partial charge in [-0.2, -0.15) is 0 Å². The van der Waals surface area contributed by atoms with Crippen LogP contribution in [0.15, 0.2) is 18.6 Å². The van der Waals surface area contributed by atoms with Crippen molar-refractivity contribution in [2.45, 2.75) is 49.9 Å². The number of carbonyl (C=O) groups is 1. The highest BCUT2D eigenvalue weighted by Crippen LogP contribution is 2.29. The third-order valence-electron chi connectivity index (χ3n) is 4.37. The monoisotopic (exact) mass is 321 g/mol. The molecule has 1 aromatic heterocycles. The van der Waals surface area contributed by atoms with Crippen molar-refractivity contribution in [1.29, 1.82) is 0 Å². The van der Waals surface area contributed by atoms with E-state index in [4.69, 9.17) is 4.74 Å². The first-order chi connectivity index (χ1) is 10.8. The zero-order chi connectivity index (χ0) is 15.2. The predicted molar refractivity (Wildman–Crippen MR) is 87.0 cm³/mol. The highest BCUT2D eigenvalue weighted by molar-refractivity contribution is 8.00. The van der Waals surface area contributed by atoms with Crippen molar-refractivity contribution in [3.8, 4) is 5.88 Å². The molecule has 1 saturated heterocycles. The van der Waals surface area contributed by atoms with E-state index >= 15 is 0 Å². The minimum absolute atomic E-state index is 0.142. The van der Waals surface area contributed by atoms with Gasteiger partial charge in [0.1, 0.15) is 6.10 Å². The number of piperidine rings is 1. The van der Waals surface area contributed by atoms with Crippen LogP contribution in [0, 0.1) is 0 Å². The van der Waals surface area contributed by atoms with Crippen LogP contribution in [0.5, 0.6) is 5.88 Å². The Morgan fingerprint density at radius 3 is 2.68 bits per heavy atom. The number of ether oxygens (including phenoxy) is 1. The highest BCUT2D eigenvalue weighted by Gasteiger charge is 2.25. The van der Waals surface area contributed by atoms with Gasteiger partial charge in [-0.3, -0.25) is 9.78 Å². The average molecular weight is 321 g/mol. The van der Waals surface area contributed by atoms with Gasteiger partial charge in [-0.15, -0.1) is 11.8 Å². The standard InChI is InChI=1S/C16H23N3O2S/c20-16(12-22-14-3-1-2-4-14)19-9-5-13(6-10-19)21-15-11-17-7-8-18-15/h7-8,11,13-14H,1-6,9-10,12H2. The van der Waals surface area contributed by atoms with Gasteiger partial charge in [-0.05, 0) is 12.8 Å². The van der Waals surface area contributed by atoms with Gasteiger partial charge in [0, 0.05) is 43.6 Å². The second-order valence-corrected chi connectivity index (χ2v) is 7.25. The molecule has 2 aliphatic rings. The third kappa shape index (κ3) is 4.35. The summed E-state index contributed by atoms with van der Waals surface area (Å²) in [5, 5.41) is 0.710. The lowest BCUT2D eigenvalue weighted by atomic mass is 10.1. The van der Waals surface area contributed by atoms with Crippen LogP contribution in [0.25, 0.3) is 0 Å². The van der Waals surface area contributed by atoms with Gasteiger partial charge >= 0.3 is 0 Å². The maximum atomic E-state index is 12.3. The number of hydrogen-bond donors (Lipinski definition) is 0. The second kappa shape index (κ2) is 7.81. The number of thioether (sulfide) groups is 1. The minimum Gasteiger partial charge on any atom is -0.473 e. The number of likely N-dealkylation sites (tertiary alicyclic amines) is 1. The molecular formula is C16H23N3O2S. The fourth-order valence-corrected chi connectivity index (χ4v) is 4.30. The molecule has 1 aliphatic heterocycles. The molecule has 5 nitrogen and oxygen atoms in total. The first kappa shape index (κ1) is 15.6. The van der Waals surface area contributed by atoms with Gasteiger partial charge < -0.3 is 9.64 Å². The summed E-state index contributed by atoms with van der Waals surface area (Å²) in [6.07, 6.45) is 12.0. The van der Waals surface area contributed by atoms with Crippen LogP contribution in [-0.4, -0.2) is 51.0 Å². The van der Waals surface area contributed by atoms with Crippen molar-refractivity contribution < 1.29 is 9.53 Å². The summed E-state index contributed by atoms with van der Waals surface area (Å²) < 4.78 is 5.81. The normalized spacial score (nSPS) is 20.3. The van der Waals surface area contributed by atoms with E-state index in [2.05, 4.69) is 9.97 Å². The Labute approximate surface area is 135 Å². The smallest absolute Gasteiger partial charge is 0.232 e. The van der Waals surface area contributed by atoms with Crippen LogP contribution in [0.1, 0.15) is 38.5 Å². The van der Waals surface area contributed by atoms with Crippen LogP contribution in [0.4, 0.5) is 0 Å². The molecule has 120 valence electrons. The zero-order valence-corrected chi connectivity index (χ0v) is 13.6. The molecule has 0 N–H and O–H groups in total. The lowest BCUT2D eigenvalue weighted by Gasteiger charge is -2.32. The summed E-state index contributed by atoms with van der Waals surface area (Å²) in [5.74, 6) is 1.50. The average Bonchev–Trinajstić information content (AvgIpc) is 3.08. The number of carbonyl (C=O) groups excluding carboxylic acids is 1. The fraction of sp³-hybridized carbons (Fsp3) is 0.688. The Hall–Kier alpha value is -1.30. The Bertz CT molecular complexity index is 472. The van der Waals surface area contributed by atoms with E-state index in [1.165, 1.54) is 25.7 Å². The van der Waals surface area contributed by atoms with Gasteiger partial charge in [0.05, 0.1) is 11.9 Å². The Balaban J connectivity index is 1.38. The molecule has 0 spiro atoms. The van der Waals surface area contributed by atoms with Gasteiger partial charge in [-0.25, -0.2) is 4.98 Å². The molecule has 0 aromatic carbocycles. The van der Waals surface area contributed by atoms with Crippen LogP contribution in [-0.2, 0) is 4.79 Å². The molecule has 0 unspecified atom stereocenters. The molecule has 0 bridgehead atoms. The summed E-state index contributed by atoms with van der Waals surface area (Å²) >= 11 is 1.85. The molecule has 3 rings (SSSR count). The second-order valence-electron chi connectivity index (χ2n) is 5.96. The first-order valence-corrected chi connectivity index (χ1v) is 9.18. The number of rotatable bonds is 5. The van der Waals surface area contributed by atoms with Crippen molar-refractivity contribution in [3.05, 3.63) is 18.6 Å². The lowest BCUT2D eigenvalue weighted by molar-refractivity contribution is -0.130. The zero-order valence-electron chi connectivity index (χ0n) is 12.8. The molecule has 2 heterocycles. The topological polar surface area (TPSA) is 55.3 Å². The maximum Gasteiger partial charge on any atom is 0.232 e. The quantitative estimate of drug-likeness (QED) is 0.834. The molecule has 22 heavy (non-hydrogen) atoms. The van der Waals surface area contributed by atoms with E-state index < -0.39 is 0 Å². The molecule has 0 radical (unpaired) electrons. The van der Waals surface area contributed by atoms with E-state index in [9.17, 15) is 4.79 Å². The largest absolute Gasteiger partial charge is 0.473 e. The predicted octanol–water partition coefficient (Wildman–Crippen LogP) is 2.52. The van der Waals surface area contributed by atoms with Crippen LogP contribution >= 0.6 is 11.8 Å². The number of hydrogen-bond acceptors (Lipinski definition) is 5. The van der Waals surface area contributed by atoms with Gasteiger partial charge in [-0.1, -0.05) is 12.8 Å². The van der Waals surface area contributed by atoms with Crippen LogP contribution in [0.3, 0.4) is 0 Å². The van der Waals surface area contributed by atoms with Gasteiger partial charge in [0.15, 0.2) is 0 Å².